The Kier molecular flexibility index (Phi) is 8.46. The van der Waals surface area contributed by atoms with Crippen molar-refractivity contribution in [2.75, 3.05) is 6.61 Å². The van der Waals surface area contributed by atoms with Crippen molar-refractivity contribution in [3.63, 3.8) is 0 Å². The molecule has 0 bridgehead atoms. The first kappa shape index (κ1) is 25.7. The number of aliphatic carboxylic acids is 1. The maximum atomic E-state index is 12.8. The number of allylic oxidation sites excluding steroid dienone is 1. The lowest BCUT2D eigenvalue weighted by atomic mass is 10.1. The van der Waals surface area contributed by atoms with E-state index in [0.717, 1.165) is 36.2 Å². The van der Waals surface area contributed by atoms with Crippen LogP contribution in [0.4, 0.5) is 13.2 Å². The third-order valence-electron chi connectivity index (χ3n) is 5.33. The number of ketones is 1. The number of carboxylic acid groups (broad SMARTS) is 1. The van der Waals surface area contributed by atoms with Gasteiger partial charge in [-0.15, -0.1) is 0 Å². The SMILES string of the molecule is CCC[C@H](COc1ccc(/C=C/Cn2nccc2C(=O)c2ccc(C(F)(F)F)cc2)cc1)C(=O)O. The van der Waals surface area contributed by atoms with E-state index in [9.17, 15) is 27.9 Å². The van der Waals surface area contributed by atoms with Crippen molar-refractivity contribution in [2.24, 2.45) is 5.92 Å². The van der Waals surface area contributed by atoms with E-state index >= 15 is 0 Å². The molecule has 0 saturated carbocycles. The molecule has 0 unspecified atom stereocenters. The molecular weight excluding hydrogens is 461 g/mol. The second-order valence-electron chi connectivity index (χ2n) is 7.91. The summed E-state index contributed by atoms with van der Waals surface area (Å²) in [4.78, 5) is 24.0. The van der Waals surface area contributed by atoms with Crippen molar-refractivity contribution in [2.45, 2.75) is 32.5 Å². The molecule has 184 valence electrons. The summed E-state index contributed by atoms with van der Waals surface area (Å²) in [5.74, 6) is -1.27. The minimum absolute atomic E-state index is 0.105. The number of benzene rings is 2. The van der Waals surface area contributed by atoms with Gasteiger partial charge >= 0.3 is 12.1 Å². The summed E-state index contributed by atoms with van der Waals surface area (Å²) in [5.41, 5.74) is 0.453. The number of aromatic nitrogens is 2. The number of carbonyl (C=O) groups is 2. The molecule has 0 spiro atoms. The summed E-state index contributed by atoms with van der Waals surface area (Å²) in [5, 5.41) is 13.3. The predicted octanol–water partition coefficient (Wildman–Crippen LogP) is 5.73. The molecule has 3 aromatic rings. The molecule has 35 heavy (non-hydrogen) atoms. The van der Waals surface area contributed by atoms with Gasteiger partial charge in [0.2, 0.25) is 5.78 Å². The van der Waals surface area contributed by atoms with Crippen molar-refractivity contribution in [3.05, 3.63) is 89.3 Å². The lowest BCUT2D eigenvalue weighted by Crippen LogP contribution is -2.21. The zero-order valence-corrected chi connectivity index (χ0v) is 19.0. The molecule has 6 nitrogen and oxygen atoms in total. The highest BCUT2D eigenvalue weighted by molar-refractivity contribution is 6.07. The lowest BCUT2D eigenvalue weighted by molar-refractivity contribution is -0.143. The second kappa shape index (κ2) is 11.5. The number of alkyl halides is 3. The summed E-state index contributed by atoms with van der Waals surface area (Å²) >= 11 is 0. The van der Waals surface area contributed by atoms with Crippen molar-refractivity contribution >= 4 is 17.8 Å². The van der Waals surface area contributed by atoms with Crippen LogP contribution in [0.3, 0.4) is 0 Å². The quantitative estimate of drug-likeness (QED) is 0.350. The number of carboxylic acids is 1. The molecule has 1 aromatic heterocycles. The zero-order valence-electron chi connectivity index (χ0n) is 19.0. The van der Waals surface area contributed by atoms with Gasteiger partial charge in [0.05, 0.1) is 18.0 Å². The first-order chi connectivity index (χ1) is 16.7. The fourth-order valence-corrected chi connectivity index (χ4v) is 3.42. The molecule has 0 aliphatic rings. The Morgan fingerprint density at radius 1 is 1.09 bits per heavy atom. The number of rotatable bonds is 11. The molecule has 1 heterocycles. The van der Waals surface area contributed by atoms with E-state index in [0.29, 0.717) is 12.2 Å². The van der Waals surface area contributed by atoms with E-state index < -0.39 is 29.4 Å². The van der Waals surface area contributed by atoms with Crippen molar-refractivity contribution in [1.29, 1.82) is 0 Å². The van der Waals surface area contributed by atoms with E-state index in [1.54, 1.807) is 18.2 Å². The number of hydrogen-bond acceptors (Lipinski definition) is 4. The lowest BCUT2D eigenvalue weighted by Gasteiger charge is -2.12. The third kappa shape index (κ3) is 7.05. The molecule has 0 amide bonds. The third-order valence-corrected chi connectivity index (χ3v) is 5.33. The average molecular weight is 486 g/mol. The van der Waals surface area contributed by atoms with Gasteiger partial charge in [-0.3, -0.25) is 14.3 Å². The Labute approximate surface area is 200 Å². The van der Waals surface area contributed by atoms with E-state index in [1.165, 1.54) is 16.9 Å². The fraction of sp³-hybridized carbons (Fsp3) is 0.269. The van der Waals surface area contributed by atoms with Gasteiger partial charge in [-0.1, -0.05) is 49.8 Å². The molecule has 0 fully saturated rings. The van der Waals surface area contributed by atoms with Crippen LogP contribution in [0.1, 0.15) is 46.9 Å². The molecular formula is C26H25F3N2O4. The maximum Gasteiger partial charge on any atom is 0.416 e. The summed E-state index contributed by atoms with van der Waals surface area (Å²) in [6, 6.07) is 12.7. The van der Waals surface area contributed by atoms with Gasteiger partial charge in [0.25, 0.3) is 0 Å². The van der Waals surface area contributed by atoms with Crippen molar-refractivity contribution in [3.8, 4) is 5.75 Å². The molecule has 0 aliphatic heterocycles. The minimum Gasteiger partial charge on any atom is -0.493 e. The summed E-state index contributed by atoms with van der Waals surface area (Å²) in [6.45, 7) is 2.31. The number of nitrogens with zero attached hydrogens (tertiary/aromatic N) is 2. The van der Waals surface area contributed by atoms with Gasteiger partial charge in [-0.05, 0) is 42.3 Å². The van der Waals surface area contributed by atoms with E-state index in [2.05, 4.69) is 5.10 Å². The van der Waals surface area contributed by atoms with Crippen LogP contribution in [0, 0.1) is 5.92 Å². The number of hydrogen-bond donors (Lipinski definition) is 1. The average Bonchev–Trinajstić information content (AvgIpc) is 3.30. The van der Waals surface area contributed by atoms with Gasteiger partial charge < -0.3 is 9.84 Å². The van der Waals surface area contributed by atoms with Crippen LogP contribution in [0.15, 0.2) is 66.9 Å². The van der Waals surface area contributed by atoms with Gasteiger partial charge in [0, 0.05) is 11.8 Å². The van der Waals surface area contributed by atoms with E-state index in [4.69, 9.17) is 4.74 Å². The second-order valence-corrected chi connectivity index (χ2v) is 7.91. The van der Waals surface area contributed by atoms with Crippen molar-refractivity contribution < 1.29 is 32.6 Å². The number of halogens is 3. The molecule has 9 heteroatoms. The minimum atomic E-state index is -4.46. The van der Waals surface area contributed by atoms with Gasteiger partial charge in [-0.25, -0.2) is 0 Å². The Balaban J connectivity index is 1.59. The largest absolute Gasteiger partial charge is 0.493 e. The summed E-state index contributed by atoms with van der Waals surface area (Å²) in [7, 11) is 0. The Hall–Kier alpha value is -3.88. The Morgan fingerprint density at radius 2 is 1.77 bits per heavy atom. The highest BCUT2D eigenvalue weighted by atomic mass is 19.4. The maximum absolute atomic E-state index is 12.8. The normalized spacial score (nSPS) is 12.6. The summed E-state index contributed by atoms with van der Waals surface area (Å²) in [6.07, 6.45) is 1.93. The molecule has 0 aliphatic carbocycles. The Bertz CT molecular complexity index is 1170. The van der Waals surface area contributed by atoms with E-state index in [-0.39, 0.29) is 24.4 Å². The van der Waals surface area contributed by atoms with Gasteiger partial charge in [0.1, 0.15) is 18.1 Å². The molecule has 0 radical (unpaired) electrons. The van der Waals surface area contributed by atoms with E-state index in [1.807, 2.05) is 25.1 Å². The van der Waals surface area contributed by atoms with Crippen LogP contribution in [-0.4, -0.2) is 33.2 Å². The monoisotopic (exact) mass is 486 g/mol. The molecule has 0 saturated heterocycles. The van der Waals surface area contributed by atoms with Crippen LogP contribution in [0.5, 0.6) is 5.75 Å². The highest BCUT2D eigenvalue weighted by Crippen LogP contribution is 2.29. The van der Waals surface area contributed by atoms with Crippen LogP contribution in [0.25, 0.3) is 6.08 Å². The topological polar surface area (TPSA) is 81.4 Å². The van der Waals surface area contributed by atoms with Crippen LogP contribution in [-0.2, 0) is 17.5 Å². The standard InChI is InChI=1S/C26H25F3N2O4/c1-2-4-20(25(33)34)17-35-22-12-6-18(7-13-22)5-3-16-31-23(14-15-30-31)24(32)19-8-10-21(11-9-19)26(27,28)29/h3,5-15,20H,2,4,16-17H2,1H3,(H,33,34)/b5-3+/t20-/m1/s1. The molecule has 3 rings (SSSR count). The zero-order chi connectivity index (χ0) is 25.4. The number of carbonyl (C=O) groups excluding carboxylic acids is 1. The number of ether oxygens (including phenoxy) is 1. The Morgan fingerprint density at radius 3 is 2.37 bits per heavy atom. The first-order valence-corrected chi connectivity index (χ1v) is 11.0. The van der Waals surface area contributed by atoms with Crippen LogP contribution in [0.2, 0.25) is 0 Å². The molecule has 2 aromatic carbocycles. The smallest absolute Gasteiger partial charge is 0.416 e. The first-order valence-electron chi connectivity index (χ1n) is 11.0. The van der Waals surface area contributed by atoms with Crippen molar-refractivity contribution in [1.82, 2.24) is 9.78 Å². The van der Waals surface area contributed by atoms with Gasteiger partial charge in [-0.2, -0.15) is 18.3 Å². The predicted molar refractivity (Wildman–Crippen MR) is 124 cm³/mol. The molecule has 1 N–H and O–H groups in total. The van der Waals surface area contributed by atoms with Crippen LogP contribution < -0.4 is 4.74 Å². The van der Waals surface area contributed by atoms with Crippen LogP contribution >= 0.6 is 0 Å². The summed E-state index contributed by atoms with van der Waals surface area (Å²) < 4.78 is 45.3. The molecule has 1 atom stereocenters. The fourth-order valence-electron chi connectivity index (χ4n) is 3.42. The van der Waals surface area contributed by atoms with Gasteiger partial charge in [0.15, 0.2) is 0 Å². The highest BCUT2D eigenvalue weighted by Gasteiger charge is 2.30.